The average Bonchev–Trinajstić information content (AvgIpc) is 2.37. The molecule has 21 heavy (non-hydrogen) atoms. The van der Waals surface area contributed by atoms with E-state index in [0.717, 1.165) is 29.2 Å². The lowest BCUT2D eigenvalue weighted by Crippen LogP contribution is -2.52. The van der Waals surface area contributed by atoms with Gasteiger partial charge in [0, 0.05) is 6.04 Å². The second kappa shape index (κ2) is 5.75. The van der Waals surface area contributed by atoms with Crippen LogP contribution in [0, 0.1) is 0 Å². The van der Waals surface area contributed by atoms with Crippen molar-refractivity contribution in [3.05, 3.63) is 35.4 Å². The van der Waals surface area contributed by atoms with Gasteiger partial charge in [-0.15, -0.1) is 0 Å². The van der Waals surface area contributed by atoms with Gasteiger partial charge < -0.3 is 10.0 Å². The summed E-state index contributed by atoms with van der Waals surface area (Å²) in [6.07, 6.45) is -4.11. The molecule has 1 N–H and O–H groups in total. The lowest BCUT2D eigenvalue weighted by molar-refractivity contribution is -0.156. The number of carboxylic acids is 1. The maximum Gasteiger partial charge on any atom is 0.416 e. The number of hydrogen-bond donors (Lipinski definition) is 1. The zero-order valence-corrected chi connectivity index (χ0v) is 11.8. The van der Waals surface area contributed by atoms with Gasteiger partial charge in [-0.2, -0.15) is 13.2 Å². The van der Waals surface area contributed by atoms with Crippen LogP contribution in [0.1, 0.15) is 31.9 Å². The van der Waals surface area contributed by atoms with Crippen LogP contribution in [0.25, 0.3) is 0 Å². The normalized spacial score (nSPS) is 14.6. The topological polar surface area (TPSA) is 57.6 Å². The van der Waals surface area contributed by atoms with Gasteiger partial charge in [-0.05, 0) is 38.5 Å². The van der Waals surface area contributed by atoms with E-state index in [1.54, 1.807) is 13.8 Å². The molecule has 1 aromatic rings. The van der Waals surface area contributed by atoms with E-state index in [2.05, 4.69) is 0 Å². The summed E-state index contributed by atoms with van der Waals surface area (Å²) in [6.45, 7) is 4.53. The van der Waals surface area contributed by atoms with Crippen LogP contribution < -0.4 is 0 Å². The fraction of sp³-hybridized carbons (Fsp3) is 0.429. The van der Waals surface area contributed by atoms with Crippen molar-refractivity contribution in [1.82, 2.24) is 4.90 Å². The highest BCUT2D eigenvalue weighted by Crippen LogP contribution is 2.33. The lowest BCUT2D eigenvalue weighted by Gasteiger charge is -2.38. The second-order valence-electron chi connectivity index (χ2n) is 5.06. The molecule has 0 aliphatic carbocycles. The molecule has 0 saturated carbocycles. The highest BCUT2D eigenvalue weighted by molar-refractivity contribution is 5.83. The third-order valence-corrected chi connectivity index (χ3v) is 3.38. The number of nitrogens with zero attached hydrogens (tertiary/aromatic N) is 1. The molecule has 1 unspecified atom stereocenters. The number of rotatable bonds is 5. The second-order valence-corrected chi connectivity index (χ2v) is 5.06. The molecule has 1 atom stereocenters. The number of carbonyl (C=O) groups is 2. The van der Waals surface area contributed by atoms with Crippen molar-refractivity contribution < 1.29 is 27.9 Å². The Hall–Kier alpha value is -2.05. The van der Waals surface area contributed by atoms with Crippen molar-refractivity contribution in [1.29, 1.82) is 0 Å². The van der Waals surface area contributed by atoms with Crippen LogP contribution in [0.3, 0.4) is 0 Å². The number of aliphatic carboxylic acids is 1. The van der Waals surface area contributed by atoms with E-state index in [4.69, 9.17) is 0 Å². The van der Waals surface area contributed by atoms with E-state index in [-0.39, 0.29) is 5.56 Å². The van der Waals surface area contributed by atoms with Gasteiger partial charge in [0.25, 0.3) is 0 Å². The number of carbonyl (C=O) groups excluding carboxylic acids is 1. The number of halogens is 3. The van der Waals surface area contributed by atoms with Gasteiger partial charge in [-0.3, -0.25) is 4.79 Å². The van der Waals surface area contributed by atoms with Crippen LogP contribution in [0.2, 0.25) is 0 Å². The standard InChI is InChI=1S/C14H16F3NO3/c1-9(2)18(8-19)13(3,12(20)21)10-4-6-11(7-5-10)14(15,16)17/h4-9H,1-3H3,(H,20,21). The minimum atomic E-state index is -4.50. The first kappa shape index (κ1) is 17.0. The van der Waals surface area contributed by atoms with Crippen molar-refractivity contribution in [3.63, 3.8) is 0 Å². The van der Waals surface area contributed by atoms with Crippen LogP contribution in [0.5, 0.6) is 0 Å². The quantitative estimate of drug-likeness (QED) is 0.851. The molecule has 0 aliphatic rings. The van der Waals surface area contributed by atoms with Crippen molar-refractivity contribution in [2.45, 2.75) is 38.5 Å². The SMILES string of the molecule is CC(C)N(C=O)C(C)(C(=O)O)c1ccc(C(F)(F)F)cc1. The molecule has 116 valence electrons. The smallest absolute Gasteiger partial charge is 0.416 e. The molecule has 4 nitrogen and oxygen atoms in total. The van der Waals surface area contributed by atoms with Crippen LogP contribution in [0.15, 0.2) is 24.3 Å². The predicted octanol–water partition coefficient (Wildman–Crippen LogP) is 2.87. The molecule has 1 aromatic carbocycles. The number of carboxylic acid groups (broad SMARTS) is 1. The van der Waals surface area contributed by atoms with Crippen molar-refractivity contribution in [2.75, 3.05) is 0 Å². The number of alkyl halides is 3. The molecule has 0 heterocycles. The Morgan fingerprint density at radius 1 is 1.19 bits per heavy atom. The fourth-order valence-electron chi connectivity index (χ4n) is 2.11. The predicted molar refractivity (Wildman–Crippen MR) is 69.5 cm³/mol. The summed E-state index contributed by atoms with van der Waals surface area (Å²) in [5.74, 6) is -1.32. The first-order valence-electron chi connectivity index (χ1n) is 6.20. The Labute approximate surface area is 120 Å². The molecule has 0 aromatic heterocycles. The van der Waals surface area contributed by atoms with E-state index in [1.807, 2.05) is 0 Å². The largest absolute Gasteiger partial charge is 0.479 e. The van der Waals surface area contributed by atoms with Crippen molar-refractivity contribution in [3.8, 4) is 0 Å². The Kier molecular flexibility index (Phi) is 4.65. The number of hydrogen-bond acceptors (Lipinski definition) is 2. The zero-order chi connectivity index (χ0) is 16.4. The first-order chi connectivity index (χ1) is 9.55. The van der Waals surface area contributed by atoms with Gasteiger partial charge in [0.1, 0.15) is 0 Å². The van der Waals surface area contributed by atoms with Gasteiger partial charge in [-0.25, -0.2) is 4.79 Å². The minimum Gasteiger partial charge on any atom is -0.479 e. The third-order valence-electron chi connectivity index (χ3n) is 3.38. The molecule has 1 amide bonds. The Balaban J connectivity index is 3.36. The van der Waals surface area contributed by atoms with Gasteiger partial charge in [0.05, 0.1) is 5.56 Å². The Bertz CT molecular complexity index is 525. The molecule has 0 bridgehead atoms. The van der Waals surface area contributed by atoms with Crippen LogP contribution >= 0.6 is 0 Å². The molecule has 0 spiro atoms. The molecule has 0 fully saturated rings. The Morgan fingerprint density at radius 3 is 1.90 bits per heavy atom. The number of amides is 1. The Morgan fingerprint density at radius 2 is 1.62 bits per heavy atom. The van der Waals surface area contributed by atoms with Gasteiger partial charge in [0.15, 0.2) is 5.54 Å². The summed E-state index contributed by atoms with van der Waals surface area (Å²) >= 11 is 0. The maximum absolute atomic E-state index is 12.5. The maximum atomic E-state index is 12.5. The van der Waals surface area contributed by atoms with Gasteiger partial charge in [0.2, 0.25) is 6.41 Å². The molecular formula is C14H16F3NO3. The van der Waals surface area contributed by atoms with Crippen LogP contribution in [-0.2, 0) is 21.3 Å². The van der Waals surface area contributed by atoms with Crippen molar-refractivity contribution in [2.24, 2.45) is 0 Å². The molecular weight excluding hydrogens is 287 g/mol. The molecule has 0 radical (unpaired) electrons. The third kappa shape index (κ3) is 3.17. The summed E-state index contributed by atoms with van der Waals surface area (Å²) < 4.78 is 37.6. The van der Waals surface area contributed by atoms with E-state index < -0.39 is 29.3 Å². The van der Waals surface area contributed by atoms with Gasteiger partial charge >= 0.3 is 12.1 Å². The lowest BCUT2D eigenvalue weighted by atomic mass is 9.88. The van der Waals surface area contributed by atoms with Crippen LogP contribution in [0.4, 0.5) is 13.2 Å². The average molecular weight is 303 g/mol. The summed E-state index contributed by atoms with van der Waals surface area (Å²) in [6, 6.07) is 3.34. The van der Waals surface area contributed by atoms with Crippen molar-refractivity contribution >= 4 is 12.4 Å². The molecule has 0 saturated heterocycles. The number of benzene rings is 1. The monoisotopic (exact) mass is 303 g/mol. The van der Waals surface area contributed by atoms with Crippen LogP contribution in [-0.4, -0.2) is 28.4 Å². The summed E-state index contributed by atoms with van der Waals surface area (Å²) in [5, 5.41) is 9.44. The van der Waals surface area contributed by atoms with E-state index in [9.17, 15) is 27.9 Å². The highest BCUT2D eigenvalue weighted by Gasteiger charge is 2.42. The summed E-state index contributed by atoms with van der Waals surface area (Å²) in [4.78, 5) is 23.8. The first-order valence-corrected chi connectivity index (χ1v) is 6.20. The van der Waals surface area contributed by atoms with E-state index in [1.165, 1.54) is 6.92 Å². The summed E-state index contributed by atoms with van der Waals surface area (Å²) in [5.41, 5.74) is -2.51. The van der Waals surface area contributed by atoms with Gasteiger partial charge in [-0.1, -0.05) is 12.1 Å². The molecule has 1 rings (SSSR count). The van der Waals surface area contributed by atoms with E-state index >= 15 is 0 Å². The zero-order valence-electron chi connectivity index (χ0n) is 11.8. The summed E-state index contributed by atoms with van der Waals surface area (Å²) in [7, 11) is 0. The molecule has 0 aliphatic heterocycles. The minimum absolute atomic E-state index is 0.101. The molecule has 7 heteroatoms. The highest BCUT2D eigenvalue weighted by atomic mass is 19.4. The fourth-order valence-corrected chi connectivity index (χ4v) is 2.11. The van der Waals surface area contributed by atoms with E-state index in [0.29, 0.717) is 6.41 Å².